The minimum Gasteiger partial charge on any atom is -0.330 e. The molecule has 1 aliphatic rings. The number of nitrogens with two attached hydrogens (primary N) is 1. The summed E-state index contributed by atoms with van der Waals surface area (Å²) in [5.41, 5.74) is 7.68. The Morgan fingerprint density at radius 2 is 1.93 bits per heavy atom. The van der Waals surface area contributed by atoms with Crippen molar-refractivity contribution in [2.75, 3.05) is 12.3 Å². The van der Waals surface area contributed by atoms with Crippen molar-refractivity contribution in [3.63, 3.8) is 0 Å². The summed E-state index contributed by atoms with van der Waals surface area (Å²) in [4.78, 5) is 0. The highest BCUT2D eigenvalue weighted by Crippen LogP contribution is 2.50. The summed E-state index contributed by atoms with van der Waals surface area (Å²) in [6, 6.07) is 10.7. The largest absolute Gasteiger partial charge is 0.330 e. The lowest BCUT2D eigenvalue weighted by molar-refractivity contribution is 0.537. The fourth-order valence-corrected chi connectivity index (χ4v) is 3.31. The maximum absolute atomic E-state index is 5.63. The molecule has 0 heterocycles. The average Bonchev–Trinajstić information content (AvgIpc) is 3.00. The number of hydrogen-bond donors (Lipinski definition) is 1. The molecule has 0 saturated heterocycles. The summed E-state index contributed by atoms with van der Waals surface area (Å²) < 4.78 is 0. The maximum atomic E-state index is 5.63. The zero-order valence-electron chi connectivity index (χ0n) is 9.11. The Labute approximate surface area is 96.4 Å². The van der Waals surface area contributed by atoms with Crippen LogP contribution in [0.15, 0.2) is 30.3 Å². The van der Waals surface area contributed by atoms with E-state index in [0.717, 1.165) is 12.3 Å². The van der Waals surface area contributed by atoms with Crippen LogP contribution in [0.5, 0.6) is 0 Å². The summed E-state index contributed by atoms with van der Waals surface area (Å²) in [5.74, 6) is 2.44. The number of benzene rings is 1. The molecule has 0 aromatic heterocycles. The Morgan fingerprint density at radius 3 is 2.53 bits per heavy atom. The van der Waals surface area contributed by atoms with Crippen LogP contribution in [0.25, 0.3) is 0 Å². The molecular formula is C13H19NS. The summed E-state index contributed by atoms with van der Waals surface area (Å²) in [7, 11) is 0. The van der Waals surface area contributed by atoms with Crippen LogP contribution in [0.1, 0.15) is 24.8 Å². The zero-order chi connectivity index (χ0) is 10.6. The third kappa shape index (κ3) is 3.25. The van der Waals surface area contributed by atoms with Gasteiger partial charge in [-0.25, -0.2) is 0 Å². The van der Waals surface area contributed by atoms with E-state index in [2.05, 4.69) is 42.1 Å². The van der Waals surface area contributed by atoms with E-state index in [4.69, 9.17) is 5.73 Å². The summed E-state index contributed by atoms with van der Waals surface area (Å²) in [6.07, 6.45) is 4.01. The predicted octanol–water partition coefficient (Wildman–Crippen LogP) is 3.05. The zero-order valence-corrected chi connectivity index (χ0v) is 9.93. The van der Waals surface area contributed by atoms with E-state index in [-0.39, 0.29) is 0 Å². The maximum Gasteiger partial charge on any atom is 0.0184 e. The predicted molar refractivity (Wildman–Crippen MR) is 67.9 cm³/mol. The van der Waals surface area contributed by atoms with E-state index in [9.17, 15) is 0 Å². The third-order valence-electron chi connectivity index (χ3n) is 3.15. The normalized spacial score (nSPS) is 17.7. The van der Waals surface area contributed by atoms with E-state index in [0.29, 0.717) is 5.41 Å². The summed E-state index contributed by atoms with van der Waals surface area (Å²) in [6.45, 7) is 0.853. The molecule has 1 aromatic rings. The second kappa shape index (κ2) is 5.04. The molecule has 1 saturated carbocycles. The molecule has 0 atom stereocenters. The lowest BCUT2D eigenvalue weighted by atomic mass is 10.1. The van der Waals surface area contributed by atoms with Gasteiger partial charge >= 0.3 is 0 Å². The van der Waals surface area contributed by atoms with Crippen LogP contribution < -0.4 is 5.73 Å². The molecular weight excluding hydrogens is 202 g/mol. The first-order valence-corrected chi connectivity index (χ1v) is 6.82. The van der Waals surface area contributed by atoms with Crippen LogP contribution >= 0.6 is 11.8 Å². The second-order valence-corrected chi connectivity index (χ2v) is 5.50. The molecule has 2 heteroatoms. The average molecular weight is 221 g/mol. The van der Waals surface area contributed by atoms with Gasteiger partial charge in [0.2, 0.25) is 0 Å². The molecule has 82 valence electrons. The highest BCUT2D eigenvalue weighted by molar-refractivity contribution is 7.98. The van der Waals surface area contributed by atoms with Crippen LogP contribution in [0.3, 0.4) is 0 Å². The van der Waals surface area contributed by atoms with Gasteiger partial charge < -0.3 is 5.73 Å². The van der Waals surface area contributed by atoms with Gasteiger partial charge in [-0.05, 0) is 42.5 Å². The van der Waals surface area contributed by atoms with Crippen LogP contribution in [0.4, 0.5) is 0 Å². The quantitative estimate of drug-likeness (QED) is 0.799. The van der Waals surface area contributed by atoms with Crippen LogP contribution in [0.2, 0.25) is 0 Å². The monoisotopic (exact) mass is 221 g/mol. The van der Waals surface area contributed by atoms with Gasteiger partial charge in [0.1, 0.15) is 0 Å². The van der Waals surface area contributed by atoms with E-state index < -0.39 is 0 Å². The molecule has 1 aliphatic carbocycles. The highest BCUT2D eigenvalue weighted by atomic mass is 32.2. The first-order valence-electron chi connectivity index (χ1n) is 5.66. The van der Waals surface area contributed by atoms with Gasteiger partial charge in [0.25, 0.3) is 0 Å². The van der Waals surface area contributed by atoms with E-state index in [1.807, 2.05) is 0 Å². The Bertz CT molecular complexity index is 293. The molecule has 2 rings (SSSR count). The Kier molecular flexibility index (Phi) is 3.71. The fraction of sp³-hybridized carbons (Fsp3) is 0.538. The van der Waals surface area contributed by atoms with Crippen LogP contribution in [-0.4, -0.2) is 12.3 Å². The lowest BCUT2D eigenvalue weighted by Gasteiger charge is -2.12. The highest BCUT2D eigenvalue weighted by Gasteiger charge is 2.40. The fourth-order valence-electron chi connectivity index (χ4n) is 1.91. The van der Waals surface area contributed by atoms with E-state index in [1.54, 1.807) is 0 Å². The molecule has 0 amide bonds. The van der Waals surface area contributed by atoms with Gasteiger partial charge in [-0.15, -0.1) is 0 Å². The van der Waals surface area contributed by atoms with Gasteiger partial charge in [0.05, 0.1) is 0 Å². The third-order valence-corrected chi connectivity index (χ3v) is 4.51. The Morgan fingerprint density at radius 1 is 1.20 bits per heavy atom. The van der Waals surface area contributed by atoms with Crippen molar-refractivity contribution in [2.45, 2.75) is 25.0 Å². The molecule has 0 spiro atoms. The van der Waals surface area contributed by atoms with Gasteiger partial charge in [-0.2, -0.15) is 11.8 Å². The van der Waals surface area contributed by atoms with Crippen molar-refractivity contribution in [1.29, 1.82) is 0 Å². The smallest absolute Gasteiger partial charge is 0.0184 e. The molecule has 2 N–H and O–H groups in total. The molecule has 1 aromatic carbocycles. The number of hydrogen-bond acceptors (Lipinski definition) is 2. The lowest BCUT2D eigenvalue weighted by Crippen LogP contribution is -2.11. The van der Waals surface area contributed by atoms with E-state index >= 15 is 0 Å². The van der Waals surface area contributed by atoms with Gasteiger partial charge in [0, 0.05) is 5.75 Å². The number of rotatable bonds is 6. The van der Waals surface area contributed by atoms with Crippen molar-refractivity contribution >= 4 is 11.8 Å². The Hall–Kier alpha value is -0.470. The first-order chi connectivity index (χ1) is 7.35. The van der Waals surface area contributed by atoms with Crippen molar-refractivity contribution in [3.8, 4) is 0 Å². The Balaban J connectivity index is 1.71. The second-order valence-electron chi connectivity index (χ2n) is 4.52. The molecule has 0 bridgehead atoms. The minimum atomic E-state index is 0.619. The summed E-state index contributed by atoms with van der Waals surface area (Å²) >= 11 is 2.06. The SMILES string of the molecule is NCCC1(CSCc2ccccc2)CC1. The number of thioether (sulfide) groups is 1. The first kappa shape index (κ1) is 11.0. The molecule has 0 radical (unpaired) electrons. The molecule has 1 fully saturated rings. The van der Waals surface area contributed by atoms with Crippen LogP contribution in [0, 0.1) is 5.41 Å². The van der Waals surface area contributed by atoms with Gasteiger partial charge in [-0.1, -0.05) is 30.3 Å². The van der Waals surface area contributed by atoms with Crippen molar-refractivity contribution in [2.24, 2.45) is 11.1 Å². The van der Waals surface area contributed by atoms with Crippen molar-refractivity contribution < 1.29 is 0 Å². The van der Waals surface area contributed by atoms with Gasteiger partial charge in [0.15, 0.2) is 0 Å². The van der Waals surface area contributed by atoms with E-state index in [1.165, 1.54) is 30.6 Å². The van der Waals surface area contributed by atoms with Crippen molar-refractivity contribution in [1.82, 2.24) is 0 Å². The molecule has 0 unspecified atom stereocenters. The summed E-state index contributed by atoms with van der Waals surface area (Å²) in [5, 5.41) is 0. The topological polar surface area (TPSA) is 26.0 Å². The molecule has 0 aliphatic heterocycles. The standard InChI is InChI=1S/C13H19NS/c14-9-8-13(6-7-13)11-15-10-12-4-2-1-3-5-12/h1-5H,6-11,14H2. The van der Waals surface area contributed by atoms with Gasteiger partial charge in [-0.3, -0.25) is 0 Å². The minimum absolute atomic E-state index is 0.619. The van der Waals surface area contributed by atoms with Crippen molar-refractivity contribution in [3.05, 3.63) is 35.9 Å². The molecule has 1 nitrogen and oxygen atoms in total. The molecule has 15 heavy (non-hydrogen) atoms. The van der Waals surface area contributed by atoms with Crippen LogP contribution in [-0.2, 0) is 5.75 Å².